The highest BCUT2D eigenvalue weighted by Crippen LogP contribution is 2.38. The van der Waals surface area contributed by atoms with Gasteiger partial charge in [0.25, 0.3) is 5.91 Å². The second-order valence-corrected chi connectivity index (χ2v) is 5.78. The van der Waals surface area contributed by atoms with Gasteiger partial charge in [-0.05, 0) is 28.1 Å². The number of hydrogen-bond donors (Lipinski definition) is 2. The van der Waals surface area contributed by atoms with Crippen LogP contribution in [0.25, 0.3) is 0 Å². The highest BCUT2D eigenvalue weighted by molar-refractivity contribution is 9.10. The number of hydrogen-bond acceptors (Lipinski definition) is 4. The minimum Gasteiger partial charge on any atom is -0.378 e. The molecule has 20 heavy (non-hydrogen) atoms. The molecule has 0 saturated heterocycles. The van der Waals surface area contributed by atoms with Crippen LogP contribution in [0, 0.1) is 0 Å². The molecule has 0 spiro atoms. The first kappa shape index (κ1) is 14.8. The molecular weight excluding hydrogens is 326 g/mol. The zero-order valence-electron chi connectivity index (χ0n) is 11.5. The lowest BCUT2D eigenvalue weighted by molar-refractivity contribution is -0.127. The van der Waals surface area contributed by atoms with Crippen molar-refractivity contribution < 1.29 is 14.7 Å². The van der Waals surface area contributed by atoms with E-state index in [9.17, 15) is 14.7 Å². The number of aliphatic hydroxyl groups excluding tert-OH is 1. The number of nitrogens with zero attached hydrogens (tertiary/aromatic N) is 2. The molecule has 0 saturated carbocycles. The summed E-state index contributed by atoms with van der Waals surface area (Å²) in [6.07, 6.45) is -1.14. The van der Waals surface area contributed by atoms with Crippen LogP contribution in [0.1, 0.15) is 11.7 Å². The van der Waals surface area contributed by atoms with Crippen LogP contribution < -0.4 is 10.2 Å². The molecule has 1 aliphatic heterocycles. The summed E-state index contributed by atoms with van der Waals surface area (Å²) in [6, 6.07) is 3.44. The summed E-state index contributed by atoms with van der Waals surface area (Å²) in [6.45, 7) is 0.223. The van der Waals surface area contributed by atoms with Gasteiger partial charge in [0.2, 0.25) is 5.91 Å². The van der Waals surface area contributed by atoms with Gasteiger partial charge in [0.15, 0.2) is 6.10 Å². The summed E-state index contributed by atoms with van der Waals surface area (Å²) in [5.41, 5.74) is 1.89. The van der Waals surface area contributed by atoms with E-state index in [1.54, 1.807) is 38.2 Å². The Kier molecular flexibility index (Phi) is 4.01. The van der Waals surface area contributed by atoms with Crippen molar-refractivity contribution in [1.29, 1.82) is 0 Å². The average molecular weight is 342 g/mol. The summed E-state index contributed by atoms with van der Waals surface area (Å²) in [4.78, 5) is 26.5. The fourth-order valence-corrected chi connectivity index (χ4v) is 2.64. The van der Waals surface area contributed by atoms with Gasteiger partial charge >= 0.3 is 0 Å². The molecule has 0 aliphatic carbocycles. The van der Waals surface area contributed by atoms with Crippen molar-refractivity contribution in [1.82, 2.24) is 4.90 Å². The molecule has 1 heterocycles. The Balaban J connectivity index is 2.28. The van der Waals surface area contributed by atoms with E-state index in [1.807, 2.05) is 0 Å². The molecule has 0 radical (unpaired) electrons. The average Bonchev–Trinajstić information content (AvgIpc) is 2.64. The molecule has 6 nitrogen and oxygen atoms in total. The predicted molar refractivity (Wildman–Crippen MR) is 79.7 cm³/mol. The van der Waals surface area contributed by atoms with Crippen molar-refractivity contribution >= 4 is 39.1 Å². The van der Waals surface area contributed by atoms with Crippen molar-refractivity contribution in [2.75, 3.05) is 37.9 Å². The molecule has 1 atom stereocenters. The van der Waals surface area contributed by atoms with Gasteiger partial charge in [0, 0.05) is 36.9 Å². The molecule has 1 aliphatic rings. The molecule has 1 unspecified atom stereocenters. The summed E-state index contributed by atoms with van der Waals surface area (Å²) >= 11 is 3.41. The Morgan fingerprint density at radius 2 is 2.05 bits per heavy atom. The van der Waals surface area contributed by atoms with Crippen LogP contribution in [0.4, 0.5) is 11.4 Å². The van der Waals surface area contributed by atoms with Gasteiger partial charge in [0.1, 0.15) is 0 Å². The number of likely N-dealkylation sites (N-methyl/N-ethyl adjacent to an activating group) is 2. The van der Waals surface area contributed by atoms with E-state index in [0.29, 0.717) is 11.3 Å². The fraction of sp³-hybridized carbons (Fsp3) is 0.385. The minimum absolute atomic E-state index is 0.0241. The van der Waals surface area contributed by atoms with Gasteiger partial charge < -0.3 is 20.2 Å². The zero-order valence-corrected chi connectivity index (χ0v) is 13.1. The number of rotatable bonds is 3. The quantitative estimate of drug-likeness (QED) is 0.858. The number of anilines is 2. The number of nitrogens with one attached hydrogen (secondary N) is 1. The second-order valence-electron chi connectivity index (χ2n) is 4.93. The fourth-order valence-electron chi connectivity index (χ4n) is 1.98. The van der Waals surface area contributed by atoms with E-state index in [2.05, 4.69) is 21.2 Å². The first-order valence-corrected chi connectivity index (χ1v) is 6.84. The van der Waals surface area contributed by atoms with Crippen LogP contribution in [-0.2, 0) is 9.59 Å². The minimum atomic E-state index is -1.14. The monoisotopic (exact) mass is 341 g/mol. The topological polar surface area (TPSA) is 72.9 Å². The number of amides is 2. The maximum Gasteiger partial charge on any atom is 0.257 e. The standard InChI is InChI=1S/C13H16BrN3O3/c1-16(2)11(18)6-17(3)10-5-9-7(4-8(10)14)12(19)13(20)15-9/h4-5,12,19H,6H2,1-3H3,(H,15,20). The lowest BCUT2D eigenvalue weighted by Gasteiger charge is -2.23. The summed E-state index contributed by atoms with van der Waals surface area (Å²) in [7, 11) is 5.19. The molecular formula is C13H16BrN3O3. The van der Waals surface area contributed by atoms with Crippen LogP contribution in [-0.4, -0.2) is 49.5 Å². The first-order chi connectivity index (χ1) is 9.31. The van der Waals surface area contributed by atoms with Crippen LogP contribution in [0.5, 0.6) is 0 Å². The smallest absolute Gasteiger partial charge is 0.257 e. The van der Waals surface area contributed by atoms with E-state index < -0.39 is 12.0 Å². The van der Waals surface area contributed by atoms with Gasteiger partial charge in [-0.2, -0.15) is 0 Å². The van der Waals surface area contributed by atoms with E-state index in [1.165, 1.54) is 4.90 Å². The molecule has 1 aromatic rings. The first-order valence-electron chi connectivity index (χ1n) is 6.05. The van der Waals surface area contributed by atoms with Gasteiger partial charge in [-0.3, -0.25) is 9.59 Å². The molecule has 0 bridgehead atoms. The van der Waals surface area contributed by atoms with Crippen LogP contribution in [0.2, 0.25) is 0 Å². The van der Waals surface area contributed by atoms with Crippen LogP contribution >= 0.6 is 15.9 Å². The normalized spacial score (nSPS) is 16.6. The molecule has 1 aromatic carbocycles. The highest BCUT2D eigenvalue weighted by Gasteiger charge is 2.30. The molecule has 7 heteroatoms. The van der Waals surface area contributed by atoms with Crippen molar-refractivity contribution in [3.05, 3.63) is 22.2 Å². The second kappa shape index (κ2) is 5.41. The maximum absolute atomic E-state index is 11.7. The Morgan fingerprint density at radius 3 is 2.65 bits per heavy atom. The van der Waals surface area contributed by atoms with E-state index >= 15 is 0 Å². The number of carbonyl (C=O) groups is 2. The number of halogens is 1. The summed E-state index contributed by atoms with van der Waals surface area (Å²) < 4.78 is 0.723. The van der Waals surface area contributed by atoms with Gasteiger partial charge in [-0.15, -0.1) is 0 Å². The maximum atomic E-state index is 11.7. The molecule has 108 valence electrons. The molecule has 0 aromatic heterocycles. The number of fused-ring (bicyclic) bond motifs is 1. The number of aliphatic hydroxyl groups is 1. The van der Waals surface area contributed by atoms with Crippen LogP contribution in [0.3, 0.4) is 0 Å². The molecule has 2 N–H and O–H groups in total. The number of benzene rings is 1. The van der Waals surface area contributed by atoms with Gasteiger partial charge in [-0.25, -0.2) is 0 Å². The Bertz CT molecular complexity index is 574. The molecule has 2 amide bonds. The third-order valence-electron chi connectivity index (χ3n) is 3.20. The van der Waals surface area contributed by atoms with Crippen molar-refractivity contribution in [3.63, 3.8) is 0 Å². The SMILES string of the molecule is CN(C)C(=O)CN(C)c1cc2c(cc1Br)C(O)C(=O)N2. The summed E-state index contributed by atoms with van der Waals surface area (Å²) in [5.74, 6) is -0.458. The zero-order chi connectivity index (χ0) is 15.0. The lowest BCUT2D eigenvalue weighted by atomic mass is 10.1. The van der Waals surface area contributed by atoms with Crippen LogP contribution in [0.15, 0.2) is 16.6 Å². The highest BCUT2D eigenvalue weighted by atomic mass is 79.9. The molecule has 2 rings (SSSR count). The van der Waals surface area contributed by atoms with Crippen molar-refractivity contribution in [3.8, 4) is 0 Å². The van der Waals surface area contributed by atoms with Crippen molar-refractivity contribution in [2.45, 2.75) is 6.10 Å². The Hall–Kier alpha value is -1.60. The lowest BCUT2D eigenvalue weighted by Crippen LogP contribution is -2.34. The third kappa shape index (κ3) is 2.64. The summed E-state index contributed by atoms with van der Waals surface area (Å²) in [5, 5.41) is 12.3. The predicted octanol–water partition coefficient (Wildman–Crippen LogP) is 0.959. The Labute approximate surface area is 125 Å². The largest absolute Gasteiger partial charge is 0.378 e. The van der Waals surface area contributed by atoms with Crippen molar-refractivity contribution in [2.24, 2.45) is 0 Å². The van der Waals surface area contributed by atoms with Gasteiger partial charge in [-0.1, -0.05) is 0 Å². The van der Waals surface area contributed by atoms with E-state index in [0.717, 1.165) is 10.2 Å². The number of carbonyl (C=O) groups excluding carboxylic acids is 2. The Morgan fingerprint density at radius 1 is 1.40 bits per heavy atom. The van der Waals surface area contributed by atoms with Gasteiger partial charge in [0.05, 0.1) is 12.2 Å². The molecule has 0 fully saturated rings. The van der Waals surface area contributed by atoms with E-state index in [4.69, 9.17) is 0 Å². The third-order valence-corrected chi connectivity index (χ3v) is 3.84. The van der Waals surface area contributed by atoms with E-state index in [-0.39, 0.29) is 12.5 Å².